The van der Waals surface area contributed by atoms with Crippen molar-refractivity contribution < 1.29 is 19.1 Å². The summed E-state index contributed by atoms with van der Waals surface area (Å²) in [4.78, 5) is 16.0. The van der Waals surface area contributed by atoms with Crippen molar-refractivity contribution in [3.05, 3.63) is 23.9 Å². The molecule has 142 valence electrons. The molecule has 1 rings (SSSR count). The monoisotopic (exact) mass is 368 g/mol. The van der Waals surface area contributed by atoms with E-state index in [0.29, 0.717) is 12.4 Å². The van der Waals surface area contributed by atoms with Gasteiger partial charge in [0.05, 0.1) is 19.3 Å². The Hall–Kier alpha value is -1.28. The lowest BCUT2D eigenvalue weighted by Crippen LogP contribution is -2.44. The van der Waals surface area contributed by atoms with Crippen LogP contribution in [0.5, 0.6) is 0 Å². The first-order chi connectivity index (χ1) is 11.4. The van der Waals surface area contributed by atoms with Crippen LogP contribution in [0.25, 0.3) is 0 Å². The standard InChI is InChI=1S/C18H32N2O4Si/c1-13-8-9-16(19-10-13)20-17(22)15(21)12-23-11-14(2)24-25(6,7)18(3,4)5/h8-10,14-15,21H,11-12H2,1-7H3,(H,19,20,22). The fourth-order valence-corrected chi connectivity index (χ4v) is 3.31. The number of carbonyl (C=O) groups is 1. The molecule has 0 saturated carbocycles. The molecule has 0 aromatic carbocycles. The van der Waals surface area contributed by atoms with Crippen molar-refractivity contribution in [2.45, 2.75) is 65.0 Å². The summed E-state index contributed by atoms with van der Waals surface area (Å²) in [5.41, 5.74) is 0.998. The summed E-state index contributed by atoms with van der Waals surface area (Å²) < 4.78 is 11.6. The van der Waals surface area contributed by atoms with Crippen molar-refractivity contribution >= 4 is 20.0 Å². The number of aliphatic hydroxyl groups is 1. The minimum Gasteiger partial charge on any atom is -0.412 e. The highest BCUT2D eigenvalue weighted by Gasteiger charge is 2.38. The number of aliphatic hydroxyl groups excluding tert-OH is 1. The maximum Gasteiger partial charge on any atom is 0.256 e. The molecule has 0 spiro atoms. The Bertz CT molecular complexity index is 555. The number of aryl methyl sites for hydroxylation is 1. The van der Waals surface area contributed by atoms with Gasteiger partial charge in [0.25, 0.3) is 5.91 Å². The van der Waals surface area contributed by atoms with Gasteiger partial charge in [0.1, 0.15) is 5.82 Å². The molecule has 1 aromatic rings. The second-order valence-electron chi connectivity index (χ2n) is 7.95. The van der Waals surface area contributed by atoms with Gasteiger partial charge in [0.2, 0.25) is 0 Å². The third kappa shape index (κ3) is 7.23. The Balaban J connectivity index is 2.37. The number of nitrogens with zero attached hydrogens (tertiary/aromatic N) is 1. The van der Waals surface area contributed by atoms with Gasteiger partial charge >= 0.3 is 0 Å². The van der Waals surface area contributed by atoms with Gasteiger partial charge in [-0.2, -0.15) is 0 Å². The van der Waals surface area contributed by atoms with E-state index in [9.17, 15) is 9.90 Å². The molecule has 0 radical (unpaired) electrons. The summed E-state index contributed by atoms with van der Waals surface area (Å²) >= 11 is 0. The van der Waals surface area contributed by atoms with Crippen LogP contribution in [0.4, 0.5) is 5.82 Å². The van der Waals surface area contributed by atoms with E-state index in [1.165, 1.54) is 0 Å². The Morgan fingerprint density at radius 2 is 1.96 bits per heavy atom. The van der Waals surface area contributed by atoms with Crippen molar-refractivity contribution in [3.63, 3.8) is 0 Å². The van der Waals surface area contributed by atoms with E-state index in [1.54, 1.807) is 12.3 Å². The Kier molecular flexibility index (Phi) is 7.74. The van der Waals surface area contributed by atoms with E-state index in [2.05, 4.69) is 44.2 Å². The molecule has 0 fully saturated rings. The van der Waals surface area contributed by atoms with Gasteiger partial charge in [0, 0.05) is 6.20 Å². The van der Waals surface area contributed by atoms with E-state index in [-0.39, 0.29) is 17.7 Å². The number of anilines is 1. The number of hydrogen-bond acceptors (Lipinski definition) is 5. The quantitative estimate of drug-likeness (QED) is 0.689. The Morgan fingerprint density at radius 1 is 1.32 bits per heavy atom. The predicted octanol–water partition coefficient (Wildman–Crippen LogP) is 3.12. The summed E-state index contributed by atoms with van der Waals surface area (Å²) in [5, 5.41) is 12.6. The fraction of sp³-hybridized carbons (Fsp3) is 0.667. The highest BCUT2D eigenvalue weighted by Crippen LogP contribution is 2.37. The van der Waals surface area contributed by atoms with Crippen LogP contribution in [0.15, 0.2) is 18.3 Å². The summed E-state index contributed by atoms with van der Waals surface area (Å²) in [6, 6.07) is 3.53. The van der Waals surface area contributed by atoms with E-state index in [1.807, 2.05) is 19.9 Å². The van der Waals surface area contributed by atoms with E-state index in [0.717, 1.165) is 5.56 Å². The van der Waals surface area contributed by atoms with E-state index >= 15 is 0 Å². The Morgan fingerprint density at radius 3 is 2.48 bits per heavy atom. The molecular weight excluding hydrogens is 336 g/mol. The highest BCUT2D eigenvalue weighted by atomic mass is 28.4. The second-order valence-corrected chi connectivity index (χ2v) is 12.7. The minimum atomic E-state index is -1.85. The van der Waals surface area contributed by atoms with Crippen molar-refractivity contribution in [2.75, 3.05) is 18.5 Å². The third-order valence-electron chi connectivity index (χ3n) is 4.40. The number of nitrogens with one attached hydrogen (secondary N) is 1. The lowest BCUT2D eigenvalue weighted by Gasteiger charge is -2.38. The van der Waals surface area contributed by atoms with E-state index in [4.69, 9.17) is 9.16 Å². The molecule has 2 N–H and O–H groups in total. The minimum absolute atomic E-state index is 0.0805. The molecule has 0 saturated heterocycles. The van der Waals surface area contributed by atoms with Gasteiger partial charge in [-0.15, -0.1) is 0 Å². The molecule has 1 aromatic heterocycles. The van der Waals surface area contributed by atoms with Gasteiger partial charge in [-0.25, -0.2) is 4.98 Å². The molecule has 0 aliphatic carbocycles. The van der Waals surface area contributed by atoms with Crippen LogP contribution in [0, 0.1) is 6.92 Å². The third-order valence-corrected chi connectivity index (χ3v) is 9.00. The molecule has 0 aliphatic heterocycles. The summed E-state index contributed by atoms with van der Waals surface area (Å²) in [6.45, 7) is 15.0. The number of carbonyl (C=O) groups excluding carboxylic acids is 1. The van der Waals surface area contributed by atoms with Crippen molar-refractivity contribution in [2.24, 2.45) is 0 Å². The molecule has 25 heavy (non-hydrogen) atoms. The zero-order valence-electron chi connectivity index (χ0n) is 16.4. The maximum atomic E-state index is 11.9. The van der Waals surface area contributed by atoms with Gasteiger partial charge in [0.15, 0.2) is 14.4 Å². The molecular formula is C18H32N2O4Si. The summed E-state index contributed by atoms with van der Waals surface area (Å²) in [5.74, 6) is -0.126. The number of aromatic nitrogens is 1. The number of rotatable bonds is 8. The summed E-state index contributed by atoms with van der Waals surface area (Å²) in [7, 11) is -1.85. The largest absolute Gasteiger partial charge is 0.412 e. The first-order valence-corrected chi connectivity index (χ1v) is 11.5. The zero-order chi connectivity index (χ0) is 19.3. The summed E-state index contributed by atoms with van der Waals surface area (Å²) in [6.07, 6.45) is 0.316. The number of ether oxygens (including phenoxy) is 1. The van der Waals surface area contributed by atoms with Gasteiger partial charge in [-0.1, -0.05) is 26.8 Å². The van der Waals surface area contributed by atoms with Gasteiger partial charge < -0.3 is 19.6 Å². The van der Waals surface area contributed by atoms with E-state index < -0.39 is 20.3 Å². The van der Waals surface area contributed by atoms with Gasteiger partial charge in [-0.3, -0.25) is 4.79 Å². The van der Waals surface area contributed by atoms with Crippen LogP contribution in [-0.2, 0) is 14.0 Å². The number of amides is 1. The Labute approximate surface area is 152 Å². The van der Waals surface area contributed by atoms with Crippen molar-refractivity contribution in [1.82, 2.24) is 4.98 Å². The average molecular weight is 369 g/mol. The predicted molar refractivity (Wildman–Crippen MR) is 102 cm³/mol. The smallest absolute Gasteiger partial charge is 0.256 e. The normalized spacial score (nSPS) is 14.9. The van der Waals surface area contributed by atoms with Crippen molar-refractivity contribution in [1.29, 1.82) is 0 Å². The fourth-order valence-electron chi connectivity index (χ4n) is 1.89. The van der Waals surface area contributed by atoms with Crippen LogP contribution < -0.4 is 5.32 Å². The maximum absolute atomic E-state index is 11.9. The second kappa shape index (κ2) is 8.89. The number of hydrogen-bond donors (Lipinski definition) is 2. The lowest BCUT2D eigenvalue weighted by molar-refractivity contribution is -0.127. The highest BCUT2D eigenvalue weighted by molar-refractivity contribution is 6.74. The van der Waals surface area contributed by atoms with Crippen LogP contribution in [0.1, 0.15) is 33.3 Å². The van der Waals surface area contributed by atoms with Crippen LogP contribution in [0.2, 0.25) is 18.1 Å². The van der Waals surface area contributed by atoms with Crippen LogP contribution in [-0.4, -0.2) is 49.7 Å². The SMILES string of the molecule is Cc1ccc(NC(=O)C(O)COCC(C)O[Si](C)(C)C(C)(C)C)nc1. The molecule has 2 unspecified atom stereocenters. The zero-order valence-corrected chi connectivity index (χ0v) is 17.4. The molecule has 0 aliphatic rings. The number of pyridine rings is 1. The van der Waals surface area contributed by atoms with Gasteiger partial charge in [-0.05, 0) is 43.6 Å². The topological polar surface area (TPSA) is 80.7 Å². The molecule has 1 amide bonds. The molecule has 0 bridgehead atoms. The molecule has 1 heterocycles. The molecule has 7 heteroatoms. The lowest BCUT2D eigenvalue weighted by atomic mass is 10.2. The van der Waals surface area contributed by atoms with Crippen LogP contribution >= 0.6 is 0 Å². The first kappa shape index (κ1) is 21.8. The molecule has 2 atom stereocenters. The first-order valence-electron chi connectivity index (χ1n) is 8.59. The van der Waals surface area contributed by atoms with Crippen molar-refractivity contribution in [3.8, 4) is 0 Å². The average Bonchev–Trinajstić information content (AvgIpc) is 2.47. The van der Waals surface area contributed by atoms with Crippen LogP contribution in [0.3, 0.4) is 0 Å². The molecule has 6 nitrogen and oxygen atoms in total.